The summed E-state index contributed by atoms with van der Waals surface area (Å²) in [6.07, 6.45) is 6.59. The lowest BCUT2D eigenvalue weighted by atomic mass is 9.99. The van der Waals surface area contributed by atoms with Gasteiger partial charge in [0.15, 0.2) is 5.82 Å². The van der Waals surface area contributed by atoms with E-state index >= 15 is 0 Å². The van der Waals surface area contributed by atoms with Crippen molar-refractivity contribution >= 4 is 5.78 Å². The summed E-state index contributed by atoms with van der Waals surface area (Å²) in [5, 5.41) is 4.03. The van der Waals surface area contributed by atoms with Crippen molar-refractivity contribution in [2.24, 2.45) is 5.92 Å². The normalized spacial score (nSPS) is 21.9. The molecule has 0 amide bonds. The zero-order valence-electron chi connectivity index (χ0n) is 11.1. The first-order valence-electron chi connectivity index (χ1n) is 7.26. The lowest BCUT2D eigenvalue weighted by Gasteiger charge is -2.18. The fourth-order valence-corrected chi connectivity index (χ4v) is 3.00. The zero-order valence-corrected chi connectivity index (χ0v) is 11.1. The molecule has 19 heavy (non-hydrogen) atoms. The predicted octanol–water partition coefficient (Wildman–Crippen LogP) is 2.27. The van der Waals surface area contributed by atoms with Gasteiger partial charge in [-0.2, -0.15) is 4.98 Å². The number of carbonyl (C=O) groups is 1. The molecule has 1 saturated heterocycles. The molecule has 0 atom stereocenters. The molecule has 5 nitrogen and oxygen atoms in total. The number of carbonyl (C=O) groups excluding carboxylic acids is 1. The van der Waals surface area contributed by atoms with Gasteiger partial charge in [-0.25, -0.2) is 0 Å². The molecule has 1 aliphatic heterocycles. The topological polar surface area (TPSA) is 65.2 Å². The Kier molecular flexibility index (Phi) is 3.92. The molecule has 1 aromatic rings. The SMILES string of the molecule is O=C(Cc1nc(C2CCOCC2)no1)C1CCCC1. The summed E-state index contributed by atoms with van der Waals surface area (Å²) in [6.45, 7) is 1.52. The minimum absolute atomic E-state index is 0.221. The summed E-state index contributed by atoms with van der Waals surface area (Å²) in [5.74, 6) is 2.04. The lowest BCUT2D eigenvalue weighted by Crippen LogP contribution is -2.16. The van der Waals surface area contributed by atoms with Crippen LogP contribution in [0.3, 0.4) is 0 Å². The molecule has 0 unspecified atom stereocenters. The number of aromatic nitrogens is 2. The number of nitrogens with zero attached hydrogens (tertiary/aromatic N) is 2. The van der Waals surface area contributed by atoms with Crippen LogP contribution >= 0.6 is 0 Å². The van der Waals surface area contributed by atoms with Gasteiger partial charge in [-0.1, -0.05) is 18.0 Å². The second kappa shape index (κ2) is 5.82. The molecule has 0 radical (unpaired) electrons. The van der Waals surface area contributed by atoms with E-state index in [1.165, 1.54) is 12.8 Å². The quantitative estimate of drug-likeness (QED) is 0.834. The molecular formula is C14H20N2O3. The third-order valence-electron chi connectivity index (χ3n) is 4.21. The van der Waals surface area contributed by atoms with Crippen LogP contribution in [0.15, 0.2) is 4.52 Å². The first-order chi connectivity index (χ1) is 9.33. The molecule has 0 N–H and O–H groups in total. The van der Waals surface area contributed by atoms with E-state index in [1.54, 1.807) is 0 Å². The van der Waals surface area contributed by atoms with Gasteiger partial charge in [-0.05, 0) is 25.7 Å². The fourth-order valence-electron chi connectivity index (χ4n) is 3.00. The van der Waals surface area contributed by atoms with Crippen LogP contribution in [0, 0.1) is 5.92 Å². The highest BCUT2D eigenvalue weighted by Gasteiger charge is 2.26. The molecule has 1 saturated carbocycles. The molecule has 0 bridgehead atoms. The molecule has 0 aromatic carbocycles. The largest absolute Gasteiger partial charge is 0.381 e. The van der Waals surface area contributed by atoms with Gasteiger partial charge in [0.1, 0.15) is 5.78 Å². The molecule has 0 spiro atoms. The smallest absolute Gasteiger partial charge is 0.234 e. The Balaban J connectivity index is 1.59. The van der Waals surface area contributed by atoms with Crippen LogP contribution in [0.5, 0.6) is 0 Å². The molecular weight excluding hydrogens is 244 g/mol. The second-order valence-electron chi connectivity index (χ2n) is 5.56. The zero-order chi connectivity index (χ0) is 13.1. The average molecular weight is 264 g/mol. The molecule has 5 heteroatoms. The number of rotatable bonds is 4. The summed E-state index contributed by atoms with van der Waals surface area (Å²) in [5.41, 5.74) is 0. The Morgan fingerprint density at radius 2 is 1.89 bits per heavy atom. The number of hydrogen-bond acceptors (Lipinski definition) is 5. The highest BCUT2D eigenvalue weighted by atomic mass is 16.5. The summed E-state index contributed by atoms with van der Waals surface area (Å²) >= 11 is 0. The van der Waals surface area contributed by atoms with Gasteiger partial charge in [0, 0.05) is 25.0 Å². The van der Waals surface area contributed by atoms with E-state index in [4.69, 9.17) is 9.26 Å². The maximum atomic E-state index is 12.1. The van der Waals surface area contributed by atoms with Crippen molar-refractivity contribution in [3.63, 3.8) is 0 Å². The Morgan fingerprint density at radius 1 is 1.16 bits per heavy atom. The summed E-state index contributed by atoms with van der Waals surface area (Å²) in [6, 6.07) is 0. The van der Waals surface area contributed by atoms with Crippen LogP contribution in [0.25, 0.3) is 0 Å². The first-order valence-corrected chi connectivity index (χ1v) is 7.26. The standard InChI is InChI=1S/C14H20N2O3/c17-12(10-3-1-2-4-10)9-13-15-14(16-19-13)11-5-7-18-8-6-11/h10-11H,1-9H2. The van der Waals surface area contributed by atoms with Gasteiger partial charge in [0.25, 0.3) is 0 Å². The molecule has 2 aliphatic rings. The van der Waals surface area contributed by atoms with Gasteiger partial charge in [0.2, 0.25) is 5.89 Å². The van der Waals surface area contributed by atoms with Crippen LogP contribution in [0.1, 0.15) is 56.2 Å². The van der Waals surface area contributed by atoms with E-state index in [1.807, 2.05) is 0 Å². The van der Waals surface area contributed by atoms with E-state index < -0.39 is 0 Å². The van der Waals surface area contributed by atoms with Crippen LogP contribution in [0.2, 0.25) is 0 Å². The van der Waals surface area contributed by atoms with Gasteiger partial charge in [-0.15, -0.1) is 0 Å². The van der Waals surface area contributed by atoms with E-state index in [2.05, 4.69) is 10.1 Å². The van der Waals surface area contributed by atoms with Gasteiger partial charge in [-0.3, -0.25) is 4.79 Å². The van der Waals surface area contributed by atoms with Crippen molar-refractivity contribution in [2.45, 2.75) is 50.9 Å². The fraction of sp³-hybridized carbons (Fsp3) is 0.786. The summed E-state index contributed by atoms with van der Waals surface area (Å²) < 4.78 is 10.5. The predicted molar refractivity (Wildman–Crippen MR) is 67.8 cm³/mol. The lowest BCUT2D eigenvalue weighted by molar-refractivity contribution is -0.122. The second-order valence-corrected chi connectivity index (χ2v) is 5.56. The highest BCUT2D eigenvalue weighted by molar-refractivity contribution is 5.82. The van der Waals surface area contributed by atoms with Gasteiger partial charge >= 0.3 is 0 Å². The number of ether oxygens (including phenoxy) is 1. The van der Waals surface area contributed by atoms with Crippen LogP contribution in [0.4, 0.5) is 0 Å². The Morgan fingerprint density at radius 3 is 2.63 bits per heavy atom. The van der Waals surface area contributed by atoms with Crippen LogP contribution in [-0.2, 0) is 16.0 Å². The highest BCUT2D eigenvalue weighted by Crippen LogP contribution is 2.27. The summed E-state index contributed by atoms with van der Waals surface area (Å²) in [4.78, 5) is 16.4. The Hall–Kier alpha value is -1.23. The van der Waals surface area contributed by atoms with Crippen LogP contribution < -0.4 is 0 Å². The van der Waals surface area contributed by atoms with Crippen molar-refractivity contribution in [3.8, 4) is 0 Å². The number of Topliss-reactive ketones (excluding diaryl/α,β-unsaturated/α-hetero) is 1. The minimum Gasteiger partial charge on any atom is -0.381 e. The van der Waals surface area contributed by atoms with E-state index in [0.717, 1.165) is 44.7 Å². The minimum atomic E-state index is 0.221. The van der Waals surface area contributed by atoms with E-state index in [9.17, 15) is 4.79 Å². The van der Waals surface area contributed by atoms with Crippen molar-refractivity contribution in [1.82, 2.24) is 10.1 Å². The van der Waals surface area contributed by atoms with E-state index in [-0.39, 0.29) is 11.7 Å². The molecule has 1 aromatic heterocycles. The third-order valence-corrected chi connectivity index (χ3v) is 4.21. The third kappa shape index (κ3) is 3.03. The molecule has 104 valence electrons. The van der Waals surface area contributed by atoms with E-state index in [0.29, 0.717) is 18.2 Å². The van der Waals surface area contributed by atoms with Gasteiger partial charge < -0.3 is 9.26 Å². The average Bonchev–Trinajstić information content (AvgIpc) is 3.11. The monoisotopic (exact) mass is 264 g/mol. The number of ketones is 1. The first kappa shape index (κ1) is 12.8. The summed E-state index contributed by atoms with van der Waals surface area (Å²) in [7, 11) is 0. The molecule has 1 aliphatic carbocycles. The van der Waals surface area contributed by atoms with Crippen molar-refractivity contribution < 1.29 is 14.1 Å². The maximum absolute atomic E-state index is 12.1. The van der Waals surface area contributed by atoms with Crippen molar-refractivity contribution in [1.29, 1.82) is 0 Å². The van der Waals surface area contributed by atoms with Crippen molar-refractivity contribution in [2.75, 3.05) is 13.2 Å². The Bertz CT molecular complexity index is 432. The van der Waals surface area contributed by atoms with Crippen LogP contribution in [-0.4, -0.2) is 29.1 Å². The molecule has 3 rings (SSSR count). The Labute approximate surface area is 112 Å². The van der Waals surface area contributed by atoms with Crippen molar-refractivity contribution in [3.05, 3.63) is 11.7 Å². The van der Waals surface area contributed by atoms with Gasteiger partial charge in [0.05, 0.1) is 6.42 Å². The molecule has 2 heterocycles. The maximum Gasteiger partial charge on any atom is 0.234 e. The molecule has 2 fully saturated rings. The number of hydrogen-bond donors (Lipinski definition) is 0.